The maximum atomic E-state index is 8.36. The predicted octanol–water partition coefficient (Wildman–Crippen LogP) is 1.34. The normalized spacial score (nSPS) is 8.92. The first-order chi connectivity index (χ1) is 6.20. The maximum absolute atomic E-state index is 8.36. The maximum Gasteiger partial charge on any atom is 0.291 e. The highest BCUT2D eigenvalue weighted by atomic mass is 32.1. The molecule has 0 atom stereocenters. The molecule has 68 valence electrons. The van der Waals surface area contributed by atoms with Crippen molar-refractivity contribution in [2.75, 3.05) is 0 Å². The molecule has 2 rings (SSSR count). The van der Waals surface area contributed by atoms with Crippen LogP contribution in [0.25, 0.3) is 10.2 Å². The molecule has 6 nitrogen and oxygen atoms in total. The zero-order chi connectivity index (χ0) is 9.68. The van der Waals surface area contributed by atoms with E-state index in [0.29, 0.717) is 0 Å². The average Bonchev–Trinajstić information content (AvgIpc) is 2.49. The van der Waals surface area contributed by atoms with Gasteiger partial charge >= 0.3 is 0 Å². The lowest BCUT2D eigenvalue weighted by atomic mass is 10.3. The molecule has 0 unspecified atom stereocenters. The quantitative estimate of drug-likeness (QED) is 0.510. The van der Waals surface area contributed by atoms with Crippen LogP contribution in [-0.4, -0.2) is 19.9 Å². The predicted molar refractivity (Wildman–Crippen MR) is 46.2 cm³/mol. The molecule has 7 heteroatoms. The van der Waals surface area contributed by atoms with Crippen LogP contribution in [-0.2, 0) is 0 Å². The Morgan fingerprint density at radius 3 is 2.69 bits per heavy atom. The highest BCUT2D eigenvalue weighted by molar-refractivity contribution is 7.12. The monoisotopic (exact) mass is 199 g/mol. The van der Waals surface area contributed by atoms with Gasteiger partial charge in [-0.15, -0.1) is 15.2 Å². The fourth-order valence-corrected chi connectivity index (χ4v) is 1.28. The van der Waals surface area contributed by atoms with Gasteiger partial charge in [0.05, 0.1) is 4.70 Å². The van der Waals surface area contributed by atoms with Crippen molar-refractivity contribution in [2.24, 2.45) is 0 Å². The van der Waals surface area contributed by atoms with E-state index in [2.05, 4.69) is 9.59 Å². The fourth-order valence-electron chi connectivity index (χ4n) is 0.725. The van der Waals surface area contributed by atoms with E-state index in [1.807, 2.05) is 24.3 Å². The first kappa shape index (κ1) is 9.33. The highest BCUT2D eigenvalue weighted by Crippen LogP contribution is 2.12. The minimum absolute atomic E-state index is 0.988. The van der Waals surface area contributed by atoms with E-state index in [1.54, 1.807) is 0 Å². The Balaban J connectivity index is 0.000000184. The number of aromatic nitrogens is 2. The van der Waals surface area contributed by atoms with Gasteiger partial charge in [-0.2, -0.15) is 0 Å². The highest BCUT2D eigenvalue weighted by Gasteiger charge is 1.91. The summed E-state index contributed by atoms with van der Waals surface area (Å²) in [5, 5.41) is 17.5. The zero-order valence-electron chi connectivity index (χ0n) is 6.32. The van der Waals surface area contributed by atoms with Gasteiger partial charge in [-0.1, -0.05) is 16.6 Å². The minimum Gasteiger partial charge on any atom is -0.328 e. The Morgan fingerprint density at radius 2 is 2.08 bits per heavy atom. The standard InChI is InChI=1S/C6H4N2S.HNO3/c1-2-4-6-5(3-1)7-8-9-6;2-1(3)4/h1-4H;(H,2,3,4). The number of hydrogen-bond acceptors (Lipinski definition) is 5. The molecule has 0 bridgehead atoms. The van der Waals surface area contributed by atoms with Crippen molar-refractivity contribution in [3.63, 3.8) is 0 Å². The molecule has 1 aromatic carbocycles. The Labute approximate surface area is 76.7 Å². The Bertz CT molecular complexity index is 368. The van der Waals surface area contributed by atoms with E-state index in [0.717, 1.165) is 10.2 Å². The van der Waals surface area contributed by atoms with Crippen LogP contribution >= 0.6 is 11.5 Å². The third-order valence-electron chi connectivity index (χ3n) is 1.15. The molecule has 1 heterocycles. The van der Waals surface area contributed by atoms with Crippen molar-refractivity contribution in [3.05, 3.63) is 34.4 Å². The van der Waals surface area contributed by atoms with Gasteiger partial charge in [-0.25, -0.2) is 0 Å². The topological polar surface area (TPSA) is 89.2 Å². The lowest BCUT2D eigenvalue weighted by Crippen LogP contribution is -1.81. The Hall–Kier alpha value is -1.76. The van der Waals surface area contributed by atoms with E-state index in [4.69, 9.17) is 15.3 Å². The lowest BCUT2D eigenvalue weighted by molar-refractivity contribution is -0.742. The van der Waals surface area contributed by atoms with Crippen LogP contribution < -0.4 is 0 Å². The summed E-state index contributed by atoms with van der Waals surface area (Å²) in [5.41, 5.74) is 0.988. The van der Waals surface area contributed by atoms with Gasteiger partial charge in [0.1, 0.15) is 5.52 Å². The smallest absolute Gasteiger partial charge is 0.291 e. The first-order valence-electron chi connectivity index (χ1n) is 3.20. The molecule has 1 aromatic heterocycles. The van der Waals surface area contributed by atoms with Gasteiger partial charge in [-0.3, -0.25) is 0 Å². The SMILES string of the molecule is O=[N+]([O-])O.c1ccc2snnc2c1. The van der Waals surface area contributed by atoms with Crippen molar-refractivity contribution >= 4 is 21.7 Å². The van der Waals surface area contributed by atoms with Crippen molar-refractivity contribution < 1.29 is 10.3 Å². The zero-order valence-corrected chi connectivity index (χ0v) is 7.14. The van der Waals surface area contributed by atoms with Crippen LogP contribution in [0.3, 0.4) is 0 Å². The van der Waals surface area contributed by atoms with Crippen LogP contribution in [0.1, 0.15) is 0 Å². The summed E-state index contributed by atoms with van der Waals surface area (Å²) in [6, 6.07) is 7.92. The molecular formula is C6H5N3O3S. The summed E-state index contributed by atoms with van der Waals surface area (Å²) in [4.78, 5) is 8.36. The molecule has 1 N–H and O–H groups in total. The third kappa shape index (κ3) is 2.99. The molecule has 0 aliphatic carbocycles. The average molecular weight is 199 g/mol. The molecule has 0 aliphatic rings. The van der Waals surface area contributed by atoms with E-state index < -0.39 is 5.09 Å². The molecule has 0 fully saturated rings. The molecule has 0 amide bonds. The van der Waals surface area contributed by atoms with Crippen molar-refractivity contribution in [1.82, 2.24) is 9.59 Å². The molecule has 0 saturated carbocycles. The second kappa shape index (κ2) is 4.31. The summed E-state index contributed by atoms with van der Waals surface area (Å²) in [5.74, 6) is 0. The van der Waals surface area contributed by atoms with Crippen molar-refractivity contribution in [2.45, 2.75) is 0 Å². The summed E-state index contributed by atoms with van der Waals surface area (Å²) in [6.45, 7) is 0. The lowest BCUT2D eigenvalue weighted by Gasteiger charge is -1.78. The van der Waals surface area contributed by atoms with Gasteiger partial charge in [0.2, 0.25) is 0 Å². The number of nitrogens with zero attached hydrogens (tertiary/aromatic N) is 3. The molecule has 0 radical (unpaired) electrons. The second-order valence-electron chi connectivity index (χ2n) is 1.98. The van der Waals surface area contributed by atoms with Crippen LogP contribution in [0.5, 0.6) is 0 Å². The number of rotatable bonds is 0. The molecule has 0 aliphatic heterocycles. The van der Waals surface area contributed by atoms with Crippen LogP contribution in [0.15, 0.2) is 24.3 Å². The van der Waals surface area contributed by atoms with Gasteiger partial charge in [0.15, 0.2) is 0 Å². The largest absolute Gasteiger partial charge is 0.328 e. The van der Waals surface area contributed by atoms with Gasteiger partial charge in [0.25, 0.3) is 5.09 Å². The Kier molecular flexibility index (Phi) is 3.09. The molecular weight excluding hydrogens is 194 g/mol. The molecule has 2 aromatic rings. The van der Waals surface area contributed by atoms with Crippen LogP contribution in [0.4, 0.5) is 0 Å². The molecule has 0 spiro atoms. The molecule has 0 saturated heterocycles. The van der Waals surface area contributed by atoms with E-state index in [1.165, 1.54) is 11.5 Å². The number of benzene rings is 1. The van der Waals surface area contributed by atoms with Gasteiger partial charge in [-0.05, 0) is 23.7 Å². The van der Waals surface area contributed by atoms with E-state index >= 15 is 0 Å². The van der Waals surface area contributed by atoms with E-state index in [9.17, 15) is 0 Å². The number of fused-ring (bicyclic) bond motifs is 1. The molecule has 13 heavy (non-hydrogen) atoms. The fraction of sp³-hybridized carbons (Fsp3) is 0. The first-order valence-corrected chi connectivity index (χ1v) is 3.98. The summed E-state index contributed by atoms with van der Waals surface area (Å²) in [7, 11) is 0. The van der Waals surface area contributed by atoms with Crippen LogP contribution in [0, 0.1) is 10.1 Å². The number of hydrogen-bond donors (Lipinski definition) is 1. The third-order valence-corrected chi connectivity index (χ3v) is 1.86. The Morgan fingerprint density at radius 1 is 1.46 bits per heavy atom. The van der Waals surface area contributed by atoms with Crippen molar-refractivity contribution in [3.8, 4) is 0 Å². The van der Waals surface area contributed by atoms with Crippen molar-refractivity contribution in [1.29, 1.82) is 0 Å². The minimum atomic E-state index is -1.50. The summed E-state index contributed by atoms with van der Waals surface area (Å²) in [6.07, 6.45) is 0. The summed E-state index contributed by atoms with van der Waals surface area (Å²) >= 11 is 1.43. The second-order valence-corrected chi connectivity index (χ2v) is 2.76. The van der Waals surface area contributed by atoms with E-state index in [-0.39, 0.29) is 0 Å². The van der Waals surface area contributed by atoms with Gasteiger partial charge < -0.3 is 5.21 Å². The van der Waals surface area contributed by atoms with Gasteiger partial charge in [0, 0.05) is 0 Å². The van der Waals surface area contributed by atoms with Crippen LogP contribution in [0.2, 0.25) is 0 Å². The summed E-state index contributed by atoms with van der Waals surface area (Å²) < 4.78 is 4.94.